The molecule has 0 spiro atoms. The van der Waals surface area contributed by atoms with Crippen molar-refractivity contribution in [2.45, 2.75) is 33.7 Å². The van der Waals surface area contributed by atoms with E-state index in [0.717, 1.165) is 22.5 Å². The van der Waals surface area contributed by atoms with Crippen molar-refractivity contribution in [2.75, 3.05) is 22.6 Å². The number of nitrogens with one attached hydrogen (secondary N) is 3. The molecule has 138 valence electrons. The molecule has 0 saturated heterocycles. The second-order valence-electron chi connectivity index (χ2n) is 6.04. The summed E-state index contributed by atoms with van der Waals surface area (Å²) in [6, 6.07) is 12.6. The number of amides is 2. The van der Waals surface area contributed by atoms with Gasteiger partial charge >= 0.3 is 6.09 Å². The summed E-state index contributed by atoms with van der Waals surface area (Å²) in [5.41, 5.74) is 4.31. The fourth-order valence-electron chi connectivity index (χ4n) is 2.49. The first-order chi connectivity index (χ1) is 12.4. The minimum Gasteiger partial charge on any atom is -0.450 e. The molecule has 0 radical (unpaired) electrons. The molecule has 1 atom stereocenters. The molecule has 0 saturated carbocycles. The first-order valence-corrected chi connectivity index (χ1v) is 8.58. The second kappa shape index (κ2) is 8.89. The van der Waals surface area contributed by atoms with Crippen LogP contribution in [-0.2, 0) is 9.53 Å². The Balaban J connectivity index is 1.95. The molecule has 0 aromatic heterocycles. The van der Waals surface area contributed by atoms with Gasteiger partial charge in [-0.05, 0) is 63.1 Å². The molecule has 0 heterocycles. The lowest BCUT2D eigenvalue weighted by molar-refractivity contribution is -0.116. The van der Waals surface area contributed by atoms with Crippen molar-refractivity contribution in [3.8, 4) is 0 Å². The Morgan fingerprint density at radius 2 is 1.54 bits per heavy atom. The van der Waals surface area contributed by atoms with E-state index in [1.165, 1.54) is 0 Å². The van der Waals surface area contributed by atoms with Gasteiger partial charge < -0.3 is 15.4 Å². The van der Waals surface area contributed by atoms with Crippen LogP contribution in [0.15, 0.2) is 42.5 Å². The van der Waals surface area contributed by atoms with Crippen molar-refractivity contribution >= 4 is 29.1 Å². The van der Waals surface area contributed by atoms with Gasteiger partial charge in [0, 0.05) is 17.1 Å². The Labute approximate surface area is 153 Å². The summed E-state index contributed by atoms with van der Waals surface area (Å²) in [4.78, 5) is 23.8. The Bertz CT molecular complexity index is 752. The van der Waals surface area contributed by atoms with Crippen molar-refractivity contribution in [1.82, 2.24) is 0 Å². The maximum atomic E-state index is 12.5. The maximum absolute atomic E-state index is 12.5. The molecule has 0 aliphatic carbocycles. The average molecular weight is 355 g/mol. The third-order valence-electron chi connectivity index (χ3n) is 3.91. The molecular formula is C20H25N3O3. The quantitative estimate of drug-likeness (QED) is 0.721. The molecule has 26 heavy (non-hydrogen) atoms. The van der Waals surface area contributed by atoms with Crippen LogP contribution in [-0.4, -0.2) is 24.6 Å². The fourth-order valence-corrected chi connectivity index (χ4v) is 2.49. The average Bonchev–Trinajstić information content (AvgIpc) is 2.60. The second-order valence-corrected chi connectivity index (χ2v) is 6.04. The number of aryl methyl sites for hydroxylation is 2. The summed E-state index contributed by atoms with van der Waals surface area (Å²) < 4.78 is 4.83. The highest BCUT2D eigenvalue weighted by atomic mass is 16.5. The van der Waals surface area contributed by atoms with Gasteiger partial charge in [0.2, 0.25) is 5.91 Å². The Morgan fingerprint density at radius 3 is 2.12 bits per heavy atom. The summed E-state index contributed by atoms with van der Waals surface area (Å²) >= 11 is 0. The van der Waals surface area contributed by atoms with E-state index in [9.17, 15) is 9.59 Å². The van der Waals surface area contributed by atoms with Crippen molar-refractivity contribution < 1.29 is 14.3 Å². The van der Waals surface area contributed by atoms with Crippen LogP contribution < -0.4 is 16.0 Å². The van der Waals surface area contributed by atoms with E-state index in [2.05, 4.69) is 16.0 Å². The number of carbonyl (C=O) groups is 2. The number of anilines is 3. The number of hydrogen-bond acceptors (Lipinski definition) is 4. The van der Waals surface area contributed by atoms with Crippen LogP contribution in [0.1, 0.15) is 25.0 Å². The number of rotatable bonds is 6. The zero-order chi connectivity index (χ0) is 19.1. The summed E-state index contributed by atoms with van der Waals surface area (Å²) in [6.07, 6.45) is -0.491. The number of ether oxygens (including phenoxy) is 1. The largest absolute Gasteiger partial charge is 0.450 e. The molecule has 2 rings (SSSR count). The molecule has 0 bridgehead atoms. The molecule has 2 aromatic carbocycles. The number of carbonyl (C=O) groups excluding carboxylic acids is 2. The van der Waals surface area contributed by atoms with E-state index >= 15 is 0 Å². The minimum absolute atomic E-state index is 0.115. The molecular weight excluding hydrogens is 330 g/mol. The van der Waals surface area contributed by atoms with E-state index in [4.69, 9.17) is 4.74 Å². The van der Waals surface area contributed by atoms with Gasteiger partial charge in [0.1, 0.15) is 6.04 Å². The number of benzene rings is 2. The van der Waals surface area contributed by atoms with Crippen molar-refractivity contribution in [2.24, 2.45) is 0 Å². The molecule has 3 N–H and O–H groups in total. The molecule has 2 amide bonds. The maximum Gasteiger partial charge on any atom is 0.411 e. The Morgan fingerprint density at radius 1 is 0.962 bits per heavy atom. The van der Waals surface area contributed by atoms with Gasteiger partial charge in [0.25, 0.3) is 0 Å². The van der Waals surface area contributed by atoms with Crippen LogP contribution in [0.3, 0.4) is 0 Å². The van der Waals surface area contributed by atoms with Crippen LogP contribution in [0, 0.1) is 13.8 Å². The summed E-state index contributed by atoms with van der Waals surface area (Å²) in [7, 11) is 0. The SMILES string of the molecule is CCOC(=O)Nc1ccc(NC(C)C(=O)Nc2c(C)cccc2C)cc1. The molecule has 6 nitrogen and oxygen atoms in total. The van der Waals surface area contributed by atoms with Crippen LogP contribution in [0.25, 0.3) is 0 Å². The van der Waals surface area contributed by atoms with Gasteiger partial charge in [-0.25, -0.2) is 4.79 Å². The highest BCUT2D eigenvalue weighted by molar-refractivity contribution is 5.97. The first kappa shape index (κ1) is 19.3. The zero-order valence-corrected chi connectivity index (χ0v) is 15.6. The highest BCUT2D eigenvalue weighted by Gasteiger charge is 2.15. The molecule has 2 aromatic rings. The molecule has 6 heteroatoms. The van der Waals surface area contributed by atoms with Crippen LogP contribution >= 0.6 is 0 Å². The summed E-state index contributed by atoms with van der Waals surface area (Å²) in [5.74, 6) is -0.115. The standard InChI is InChI=1S/C20H25N3O3/c1-5-26-20(25)22-17-11-9-16(10-12-17)21-15(4)19(24)23-18-13(2)7-6-8-14(18)3/h6-12,15,21H,5H2,1-4H3,(H,22,25)(H,23,24). The van der Waals surface area contributed by atoms with Crippen molar-refractivity contribution in [3.05, 3.63) is 53.6 Å². The highest BCUT2D eigenvalue weighted by Crippen LogP contribution is 2.20. The third-order valence-corrected chi connectivity index (χ3v) is 3.91. The molecule has 0 aliphatic rings. The summed E-state index contributed by atoms with van der Waals surface area (Å²) in [6.45, 7) is 7.80. The van der Waals surface area contributed by atoms with Crippen LogP contribution in [0.2, 0.25) is 0 Å². The lowest BCUT2D eigenvalue weighted by Gasteiger charge is -2.18. The molecule has 1 unspecified atom stereocenters. The van der Waals surface area contributed by atoms with Gasteiger partial charge in [-0.1, -0.05) is 18.2 Å². The first-order valence-electron chi connectivity index (χ1n) is 8.58. The monoisotopic (exact) mass is 355 g/mol. The van der Waals surface area contributed by atoms with E-state index in [1.54, 1.807) is 38.1 Å². The normalized spacial score (nSPS) is 11.4. The smallest absolute Gasteiger partial charge is 0.411 e. The molecule has 0 fully saturated rings. The number of para-hydroxylation sites is 1. The van der Waals surface area contributed by atoms with Gasteiger partial charge in [-0.2, -0.15) is 0 Å². The van der Waals surface area contributed by atoms with Gasteiger partial charge in [-0.3, -0.25) is 10.1 Å². The van der Waals surface area contributed by atoms with E-state index in [-0.39, 0.29) is 5.91 Å². The zero-order valence-electron chi connectivity index (χ0n) is 15.6. The lowest BCUT2D eigenvalue weighted by atomic mass is 10.1. The van der Waals surface area contributed by atoms with E-state index in [1.807, 2.05) is 32.0 Å². The van der Waals surface area contributed by atoms with Gasteiger partial charge in [0.05, 0.1) is 6.61 Å². The van der Waals surface area contributed by atoms with Crippen LogP contribution in [0.5, 0.6) is 0 Å². The van der Waals surface area contributed by atoms with E-state index in [0.29, 0.717) is 12.3 Å². The summed E-state index contributed by atoms with van der Waals surface area (Å²) in [5, 5.41) is 8.75. The lowest BCUT2D eigenvalue weighted by Crippen LogP contribution is -2.32. The predicted octanol–water partition coefficient (Wildman–Crippen LogP) is 4.31. The van der Waals surface area contributed by atoms with Crippen LogP contribution in [0.4, 0.5) is 21.9 Å². The molecule has 0 aliphatic heterocycles. The Hall–Kier alpha value is -3.02. The fraction of sp³-hybridized carbons (Fsp3) is 0.300. The van der Waals surface area contributed by atoms with Gasteiger partial charge in [0.15, 0.2) is 0 Å². The van der Waals surface area contributed by atoms with Gasteiger partial charge in [-0.15, -0.1) is 0 Å². The topological polar surface area (TPSA) is 79.5 Å². The van der Waals surface area contributed by atoms with Crippen molar-refractivity contribution in [3.63, 3.8) is 0 Å². The number of hydrogen-bond donors (Lipinski definition) is 3. The Kier molecular flexibility index (Phi) is 6.60. The van der Waals surface area contributed by atoms with Crippen molar-refractivity contribution in [1.29, 1.82) is 0 Å². The predicted molar refractivity (Wildman–Crippen MR) is 105 cm³/mol. The third kappa shape index (κ3) is 5.24. The van der Waals surface area contributed by atoms with E-state index < -0.39 is 12.1 Å². The minimum atomic E-state index is -0.491.